The Morgan fingerprint density at radius 1 is 1.18 bits per heavy atom. The summed E-state index contributed by atoms with van der Waals surface area (Å²) >= 11 is 12.4. The maximum absolute atomic E-state index is 11.9. The Morgan fingerprint density at radius 3 is 2.43 bits per heavy atom. The van der Waals surface area contributed by atoms with Gasteiger partial charge in [-0.25, -0.2) is 9.89 Å². The number of anilines is 1. The summed E-state index contributed by atoms with van der Waals surface area (Å²) in [6, 6.07) is 4.05. The third-order valence-electron chi connectivity index (χ3n) is 3.53. The highest BCUT2D eigenvalue weighted by Gasteiger charge is 2.16. The Bertz CT molecular complexity index is 1250. The second-order valence-corrected chi connectivity index (χ2v) is 6.44. The number of rotatable bonds is 4. The minimum absolute atomic E-state index is 0.0193. The van der Waals surface area contributed by atoms with Gasteiger partial charge in [-0.1, -0.05) is 29.8 Å². The average molecular weight is 423 g/mol. The smallest absolute Gasteiger partial charge is 0.349 e. The molecule has 0 bridgehead atoms. The lowest BCUT2D eigenvalue weighted by Crippen LogP contribution is -2.33. The van der Waals surface area contributed by atoms with Gasteiger partial charge in [0.05, 0.1) is 15.7 Å². The summed E-state index contributed by atoms with van der Waals surface area (Å²) in [6.45, 7) is 5.36. The second-order valence-electron chi connectivity index (χ2n) is 5.63. The van der Waals surface area contributed by atoms with E-state index in [1.54, 1.807) is 6.92 Å². The van der Waals surface area contributed by atoms with Gasteiger partial charge in [-0.2, -0.15) is 4.68 Å². The van der Waals surface area contributed by atoms with Crippen molar-refractivity contribution in [2.45, 2.75) is 6.92 Å². The van der Waals surface area contributed by atoms with Crippen LogP contribution in [0.5, 0.6) is 11.6 Å². The minimum Gasteiger partial charge on any atom is -0.434 e. The molecule has 0 spiro atoms. The molecule has 4 N–H and O–H groups in total. The van der Waals surface area contributed by atoms with Gasteiger partial charge in [0.1, 0.15) is 0 Å². The van der Waals surface area contributed by atoms with Crippen LogP contribution in [0.3, 0.4) is 0 Å². The first-order valence-electron chi connectivity index (χ1n) is 7.59. The average Bonchev–Trinajstić information content (AvgIpc) is 2.62. The number of hydrogen-bond acceptors (Lipinski definition) is 7. The SMILES string of the molecule is C=C(C)c1cc(Oc2c(Cl)cc(-n3nc(N)c(=O)[nH]c3=O)cc2Cl)n[nH]c1=O. The summed E-state index contributed by atoms with van der Waals surface area (Å²) in [5, 5.41) is 9.79. The Balaban J connectivity index is 2.04. The van der Waals surface area contributed by atoms with Gasteiger partial charge in [0.25, 0.3) is 11.1 Å². The minimum atomic E-state index is -0.826. The topological polar surface area (TPSA) is 149 Å². The molecule has 0 atom stereocenters. The molecule has 0 aliphatic heterocycles. The maximum atomic E-state index is 11.9. The lowest BCUT2D eigenvalue weighted by atomic mass is 10.2. The van der Waals surface area contributed by atoms with Crippen molar-refractivity contribution in [3.8, 4) is 17.3 Å². The third-order valence-corrected chi connectivity index (χ3v) is 4.09. The largest absolute Gasteiger partial charge is 0.434 e. The van der Waals surface area contributed by atoms with E-state index in [-0.39, 0.29) is 32.9 Å². The number of H-pyrrole nitrogens is 2. The number of nitrogens with two attached hydrogens (primary N) is 1. The fraction of sp³-hybridized carbons (Fsp3) is 0.0625. The number of halogens is 2. The fourth-order valence-electron chi connectivity index (χ4n) is 2.22. The van der Waals surface area contributed by atoms with Crippen LogP contribution >= 0.6 is 23.2 Å². The molecule has 0 aliphatic rings. The van der Waals surface area contributed by atoms with Gasteiger partial charge < -0.3 is 10.5 Å². The van der Waals surface area contributed by atoms with Crippen molar-refractivity contribution in [3.05, 3.63) is 71.6 Å². The Kier molecular flexibility index (Phi) is 5.08. The van der Waals surface area contributed by atoms with Crippen molar-refractivity contribution >= 4 is 34.6 Å². The van der Waals surface area contributed by atoms with Gasteiger partial charge in [-0.15, -0.1) is 10.2 Å². The quantitative estimate of drug-likeness (QED) is 0.579. The van der Waals surface area contributed by atoms with Crippen LogP contribution < -0.4 is 27.3 Å². The first kappa shape index (κ1) is 19.4. The Labute approximate surface area is 166 Å². The van der Waals surface area contributed by atoms with E-state index in [4.69, 9.17) is 33.7 Å². The molecule has 3 aromatic rings. The van der Waals surface area contributed by atoms with E-state index in [9.17, 15) is 14.4 Å². The fourth-order valence-corrected chi connectivity index (χ4v) is 2.77. The third kappa shape index (κ3) is 3.68. The molecule has 0 amide bonds. The number of ether oxygens (including phenoxy) is 1. The summed E-state index contributed by atoms with van der Waals surface area (Å²) in [6.07, 6.45) is 0. The van der Waals surface area contributed by atoms with Gasteiger partial charge in [-0.3, -0.25) is 14.6 Å². The zero-order chi connectivity index (χ0) is 20.6. The van der Waals surface area contributed by atoms with E-state index in [0.29, 0.717) is 5.57 Å². The Hall–Kier alpha value is -3.37. The number of aromatic nitrogens is 5. The van der Waals surface area contributed by atoms with Crippen LogP contribution in [0.1, 0.15) is 12.5 Å². The van der Waals surface area contributed by atoms with E-state index in [0.717, 1.165) is 4.68 Å². The molecule has 144 valence electrons. The van der Waals surface area contributed by atoms with E-state index in [2.05, 4.69) is 21.9 Å². The van der Waals surface area contributed by atoms with E-state index in [1.807, 2.05) is 4.98 Å². The van der Waals surface area contributed by atoms with Crippen LogP contribution in [-0.2, 0) is 0 Å². The first-order valence-corrected chi connectivity index (χ1v) is 8.35. The number of aromatic amines is 2. The van der Waals surface area contributed by atoms with Crippen LogP contribution in [0.25, 0.3) is 11.3 Å². The van der Waals surface area contributed by atoms with Gasteiger partial charge in [0.15, 0.2) is 5.75 Å². The predicted octanol–water partition coefficient (Wildman–Crippen LogP) is 1.72. The molecule has 0 saturated heterocycles. The van der Waals surface area contributed by atoms with Crippen molar-refractivity contribution in [2.24, 2.45) is 0 Å². The summed E-state index contributed by atoms with van der Waals surface area (Å²) < 4.78 is 6.40. The summed E-state index contributed by atoms with van der Waals surface area (Å²) in [5.41, 5.74) is 4.33. The zero-order valence-electron chi connectivity index (χ0n) is 14.2. The van der Waals surface area contributed by atoms with E-state index in [1.165, 1.54) is 18.2 Å². The highest BCUT2D eigenvalue weighted by atomic mass is 35.5. The number of benzene rings is 1. The number of allylic oxidation sites excluding steroid dienone is 1. The number of nitrogens with zero attached hydrogens (tertiary/aromatic N) is 3. The van der Waals surface area contributed by atoms with Crippen LogP contribution in [-0.4, -0.2) is 25.0 Å². The number of nitrogens with one attached hydrogen (secondary N) is 2. The standard InChI is InChI=1S/C16H12Cl2N6O4/c1-6(2)8-5-11(21-22-14(8)25)28-12-9(17)3-7(4-10(12)18)24-16(27)20-15(26)13(19)23-24/h3-5H,1H2,2H3,(H2,19,23)(H,22,25)(H,20,26,27). The second kappa shape index (κ2) is 7.33. The first-order chi connectivity index (χ1) is 13.2. The van der Waals surface area contributed by atoms with Crippen LogP contribution in [0.2, 0.25) is 10.0 Å². The van der Waals surface area contributed by atoms with Gasteiger partial charge in [0, 0.05) is 11.6 Å². The molecule has 0 saturated carbocycles. The predicted molar refractivity (Wildman–Crippen MR) is 105 cm³/mol. The number of hydrogen-bond donors (Lipinski definition) is 3. The normalized spacial score (nSPS) is 10.7. The summed E-state index contributed by atoms with van der Waals surface area (Å²) in [7, 11) is 0. The maximum Gasteiger partial charge on any atom is 0.349 e. The molecular weight excluding hydrogens is 411 g/mol. The zero-order valence-corrected chi connectivity index (χ0v) is 15.8. The van der Waals surface area contributed by atoms with E-state index < -0.39 is 22.6 Å². The molecule has 2 aromatic heterocycles. The molecule has 0 radical (unpaired) electrons. The molecule has 2 heterocycles. The van der Waals surface area contributed by atoms with Crippen molar-refractivity contribution in [1.29, 1.82) is 0 Å². The van der Waals surface area contributed by atoms with Crippen LogP contribution in [0.4, 0.5) is 5.82 Å². The van der Waals surface area contributed by atoms with E-state index >= 15 is 0 Å². The van der Waals surface area contributed by atoms with Gasteiger partial charge >= 0.3 is 5.69 Å². The molecule has 0 aliphatic carbocycles. The van der Waals surface area contributed by atoms with Crippen molar-refractivity contribution in [3.63, 3.8) is 0 Å². The summed E-state index contributed by atoms with van der Waals surface area (Å²) in [5.74, 6) is -0.348. The van der Waals surface area contributed by atoms with Gasteiger partial charge in [0.2, 0.25) is 11.7 Å². The molecule has 1 aromatic carbocycles. The lowest BCUT2D eigenvalue weighted by Gasteiger charge is -2.12. The molecule has 10 nitrogen and oxygen atoms in total. The van der Waals surface area contributed by atoms with Gasteiger partial charge in [-0.05, 0) is 24.6 Å². The van der Waals surface area contributed by atoms with Crippen molar-refractivity contribution in [1.82, 2.24) is 25.0 Å². The highest BCUT2D eigenvalue weighted by molar-refractivity contribution is 6.37. The van der Waals surface area contributed by atoms with Crippen molar-refractivity contribution < 1.29 is 4.74 Å². The molecule has 0 fully saturated rings. The molecule has 3 rings (SSSR count). The number of nitrogen functional groups attached to an aromatic ring is 1. The highest BCUT2D eigenvalue weighted by Crippen LogP contribution is 2.37. The molecule has 28 heavy (non-hydrogen) atoms. The van der Waals surface area contributed by atoms with Crippen LogP contribution in [0, 0.1) is 0 Å². The molecule has 0 unspecified atom stereocenters. The lowest BCUT2D eigenvalue weighted by molar-refractivity contribution is 0.454. The molecule has 12 heteroatoms. The van der Waals surface area contributed by atoms with Crippen LogP contribution in [0.15, 0.2) is 39.2 Å². The Morgan fingerprint density at radius 2 is 1.82 bits per heavy atom. The van der Waals surface area contributed by atoms with Crippen molar-refractivity contribution in [2.75, 3.05) is 5.73 Å². The molecular formula is C16H12Cl2N6O4. The summed E-state index contributed by atoms with van der Waals surface area (Å²) in [4.78, 5) is 37.0. The monoisotopic (exact) mass is 422 g/mol.